The Morgan fingerprint density at radius 3 is 2.53 bits per heavy atom. The van der Waals surface area contributed by atoms with Gasteiger partial charge in [0.15, 0.2) is 5.82 Å². The lowest BCUT2D eigenvalue weighted by molar-refractivity contribution is -0.136. The molecule has 55 heavy (non-hydrogen) atoms. The fraction of sp³-hybridized carbons (Fsp3) is 0.368. The van der Waals surface area contributed by atoms with E-state index in [4.69, 9.17) is 26.1 Å². The molecule has 15 nitrogen and oxygen atoms in total. The third kappa shape index (κ3) is 8.08. The number of ether oxygens (including phenoxy) is 2. The summed E-state index contributed by atoms with van der Waals surface area (Å²) in [6.07, 6.45) is 1.98. The monoisotopic (exact) mass is 785 g/mol. The lowest BCUT2D eigenvalue weighted by atomic mass is 9.99. The Kier molecular flexibility index (Phi) is 11.5. The van der Waals surface area contributed by atoms with Crippen molar-refractivity contribution in [3.63, 3.8) is 0 Å². The zero-order valence-electron chi connectivity index (χ0n) is 30.6. The molecule has 0 radical (unpaired) electrons. The fourth-order valence-electron chi connectivity index (χ4n) is 6.72. The van der Waals surface area contributed by atoms with Crippen LogP contribution in [0.5, 0.6) is 0 Å². The topological polar surface area (TPSA) is 184 Å². The predicted octanol–water partition coefficient (Wildman–Crippen LogP) is 4.14. The van der Waals surface area contributed by atoms with E-state index in [0.717, 1.165) is 37.9 Å². The Balaban J connectivity index is 0.879. The number of hydrogen-bond acceptors (Lipinski definition) is 12. The highest BCUT2D eigenvalue weighted by Gasteiger charge is 2.33. The molecule has 5 aromatic rings. The fourth-order valence-corrected chi connectivity index (χ4v) is 8.06. The third-order valence-corrected chi connectivity index (χ3v) is 11.0. The van der Waals surface area contributed by atoms with E-state index in [-0.39, 0.29) is 31.1 Å². The molecule has 0 aliphatic carbocycles. The van der Waals surface area contributed by atoms with Crippen molar-refractivity contribution in [3.8, 4) is 5.00 Å². The van der Waals surface area contributed by atoms with Crippen molar-refractivity contribution in [3.05, 3.63) is 97.3 Å². The molecule has 2 atom stereocenters. The molecule has 2 aliphatic heterocycles. The summed E-state index contributed by atoms with van der Waals surface area (Å²) in [4.78, 5) is 56.9. The smallest absolute Gasteiger partial charge is 0.277 e. The first-order valence-electron chi connectivity index (χ1n) is 18.0. The van der Waals surface area contributed by atoms with E-state index in [0.29, 0.717) is 66.8 Å². The molecule has 286 valence electrons. The number of carbonyl (C=O) groups is 3. The zero-order valence-corrected chi connectivity index (χ0v) is 32.1. The number of nitrogens with zero attached hydrogens (tertiary/aromatic N) is 6. The van der Waals surface area contributed by atoms with Crippen LogP contribution in [-0.4, -0.2) is 87.5 Å². The van der Waals surface area contributed by atoms with Gasteiger partial charge in [0.1, 0.15) is 22.9 Å². The second-order valence-electron chi connectivity index (χ2n) is 13.2. The Labute approximate surface area is 325 Å². The largest absolute Gasteiger partial charge is 0.382 e. The second-order valence-corrected chi connectivity index (χ2v) is 14.9. The van der Waals surface area contributed by atoms with Gasteiger partial charge in [0, 0.05) is 51.6 Å². The molecule has 3 aromatic heterocycles. The van der Waals surface area contributed by atoms with E-state index in [1.165, 1.54) is 4.88 Å². The molecule has 1 unspecified atom stereocenters. The van der Waals surface area contributed by atoms with E-state index in [1.807, 2.05) is 41.8 Å². The van der Waals surface area contributed by atoms with Crippen LogP contribution in [0.1, 0.15) is 64.6 Å². The number of amides is 3. The molecule has 5 heterocycles. The van der Waals surface area contributed by atoms with Crippen molar-refractivity contribution in [1.29, 1.82) is 0 Å². The average molecular weight is 786 g/mol. The van der Waals surface area contributed by atoms with Crippen molar-refractivity contribution in [1.82, 2.24) is 35.2 Å². The minimum Gasteiger partial charge on any atom is -0.382 e. The highest BCUT2D eigenvalue weighted by molar-refractivity contribution is 7.15. The molecule has 2 aromatic carbocycles. The van der Waals surface area contributed by atoms with E-state index in [1.54, 1.807) is 29.7 Å². The number of imide groups is 1. The van der Waals surface area contributed by atoms with Gasteiger partial charge in [-0.3, -0.25) is 34.1 Å². The summed E-state index contributed by atoms with van der Waals surface area (Å²) < 4.78 is 14.6. The molecule has 2 aliphatic rings. The molecule has 1 saturated heterocycles. The highest BCUT2D eigenvalue weighted by Crippen LogP contribution is 2.39. The number of piperidine rings is 1. The third-order valence-electron chi connectivity index (χ3n) is 9.58. The zero-order chi connectivity index (χ0) is 38.6. The van der Waals surface area contributed by atoms with Crippen LogP contribution in [0, 0.1) is 20.8 Å². The van der Waals surface area contributed by atoms with Crippen molar-refractivity contribution in [2.24, 2.45) is 4.99 Å². The van der Waals surface area contributed by atoms with Gasteiger partial charge in [-0.05, 0) is 51.0 Å². The number of benzene rings is 2. The summed E-state index contributed by atoms with van der Waals surface area (Å²) in [5.74, 6) is 0.259. The summed E-state index contributed by atoms with van der Waals surface area (Å²) in [5.41, 5.74) is 4.00. The lowest BCUT2D eigenvalue weighted by Crippen LogP contribution is -2.45. The number of aliphatic imine (C=N–C) groups is 1. The van der Waals surface area contributed by atoms with E-state index >= 15 is 0 Å². The van der Waals surface area contributed by atoms with Crippen LogP contribution in [0.15, 0.2) is 58.4 Å². The van der Waals surface area contributed by atoms with Crippen LogP contribution in [-0.2, 0) is 23.9 Å². The first-order chi connectivity index (χ1) is 26.6. The maximum absolute atomic E-state index is 13.4. The van der Waals surface area contributed by atoms with Gasteiger partial charge >= 0.3 is 0 Å². The number of hydrogen-bond donors (Lipinski definition) is 3. The summed E-state index contributed by atoms with van der Waals surface area (Å²) >= 11 is 7.87. The predicted molar refractivity (Wildman–Crippen MR) is 208 cm³/mol. The quantitative estimate of drug-likeness (QED) is 0.109. The van der Waals surface area contributed by atoms with Gasteiger partial charge in [-0.1, -0.05) is 35.9 Å². The van der Waals surface area contributed by atoms with E-state index < -0.39 is 23.6 Å². The van der Waals surface area contributed by atoms with Gasteiger partial charge in [0.2, 0.25) is 11.8 Å². The number of rotatable bonds is 14. The lowest BCUT2D eigenvalue weighted by Gasteiger charge is -2.22. The Bertz CT molecular complexity index is 2350. The first kappa shape index (κ1) is 38.0. The van der Waals surface area contributed by atoms with Gasteiger partial charge in [0.05, 0.1) is 50.1 Å². The normalized spacial score (nSPS) is 16.6. The Morgan fingerprint density at radius 1 is 1.00 bits per heavy atom. The number of aromatic nitrogens is 5. The number of thiophene rings is 1. The molecular formula is C38H40ClN9O6S. The molecule has 17 heteroatoms. The molecule has 7 rings (SSSR count). The maximum atomic E-state index is 13.4. The number of aryl methyl sites for hydroxylation is 2. The van der Waals surface area contributed by atoms with Crippen molar-refractivity contribution in [2.45, 2.75) is 52.1 Å². The minimum absolute atomic E-state index is 0.0796. The van der Waals surface area contributed by atoms with Crippen LogP contribution in [0.2, 0.25) is 5.02 Å². The summed E-state index contributed by atoms with van der Waals surface area (Å²) in [7, 11) is 0. The van der Waals surface area contributed by atoms with Gasteiger partial charge in [-0.15, -0.1) is 21.5 Å². The van der Waals surface area contributed by atoms with Crippen molar-refractivity contribution < 1.29 is 23.9 Å². The average Bonchev–Trinajstić information content (AvgIpc) is 3.64. The van der Waals surface area contributed by atoms with Gasteiger partial charge in [0.25, 0.3) is 11.5 Å². The highest BCUT2D eigenvalue weighted by atomic mass is 35.5. The van der Waals surface area contributed by atoms with Crippen molar-refractivity contribution in [2.75, 3.05) is 44.8 Å². The van der Waals surface area contributed by atoms with Gasteiger partial charge in [-0.2, -0.15) is 5.10 Å². The molecule has 0 saturated carbocycles. The SMILES string of the molecule is Cc1sc2c(c1C)C(c1ccc(Cl)cc1)=N[C@@H](CC(=O)NCCOCCOCCNc1cccc3cnn(C4CCC(=O)NC4=O)c(=O)c13)c1nnc(C)n1-2. The second kappa shape index (κ2) is 16.6. The molecule has 3 amide bonds. The molecular weight excluding hydrogens is 746 g/mol. The molecule has 1 fully saturated rings. The van der Waals surface area contributed by atoms with Gasteiger partial charge in [-0.25, -0.2) is 4.68 Å². The van der Waals surface area contributed by atoms with Crippen LogP contribution >= 0.6 is 22.9 Å². The number of halogens is 1. The van der Waals surface area contributed by atoms with E-state index in [2.05, 4.69) is 45.1 Å². The Hall–Kier alpha value is -5.29. The number of anilines is 1. The Morgan fingerprint density at radius 2 is 1.76 bits per heavy atom. The van der Waals surface area contributed by atoms with Crippen LogP contribution in [0.25, 0.3) is 15.8 Å². The maximum Gasteiger partial charge on any atom is 0.277 e. The van der Waals surface area contributed by atoms with Crippen LogP contribution in [0.3, 0.4) is 0 Å². The summed E-state index contributed by atoms with van der Waals surface area (Å²) in [6.45, 7) is 8.10. The molecule has 3 N–H and O–H groups in total. The van der Waals surface area contributed by atoms with Crippen molar-refractivity contribution >= 4 is 62.8 Å². The number of carbonyl (C=O) groups excluding carboxylic acids is 3. The number of fused-ring (bicyclic) bond motifs is 4. The molecule has 0 bridgehead atoms. The van der Waals surface area contributed by atoms with Crippen LogP contribution in [0.4, 0.5) is 5.69 Å². The van der Waals surface area contributed by atoms with Crippen LogP contribution < -0.4 is 21.5 Å². The standard InChI is InChI=1S/C38H40ClN9O6S/c1-21-22(2)55-38-32(21)34(24-7-9-26(39)10-8-24)43-28(35-46-45-23(3)47(35)38)19-31(50)41-14-16-54-18-17-53-15-13-40-27-6-4-5-25-20-42-48(37(52)33(25)27)29-11-12-30(49)44-36(29)51/h4-10,20,28-29,40H,11-19H2,1-3H3,(H,41,50)(H,44,49,51)/t28-,29?/m0/s1. The summed E-state index contributed by atoms with van der Waals surface area (Å²) in [5, 5.41) is 24.1. The first-order valence-corrected chi connectivity index (χ1v) is 19.2. The summed E-state index contributed by atoms with van der Waals surface area (Å²) in [6, 6.07) is 11.5. The van der Waals surface area contributed by atoms with Gasteiger partial charge < -0.3 is 20.1 Å². The number of nitrogens with one attached hydrogen (secondary N) is 3. The van der Waals surface area contributed by atoms with E-state index in [9.17, 15) is 19.2 Å². The molecule has 0 spiro atoms. The minimum atomic E-state index is -0.847.